The molecule has 0 aliphatic heterocycles. The Kier molecular flexibility index (Phi) is 11.9. The van der Waals surface area contributed by atoms with E-state index in [1.807, 2.05) is 20.4 Å². The topological polar surface area (TPSA) is 35.5 Å². The Labute approximate surface area is 107 Å². The van der Waals surface area contributed by atoms with Gasteiger partial charge in [0.05, 0.1) is 0 Å². The molecule has 0 aromatic rings. The molecule has 0 amide bonds. The van der Waals surface area contributed by atoms with E-state index in [9.17, 15) is 4.79 Å². The van der Waals surface area contributed by atoms with Crippen LogP contribution in [0.5, 0.6) is 0 Å². The Morgan fingerprint density at radius 3 is 2.24 bits per heavy atom. The van der Waals surface area contributed by atoms with Crippen LogP contribution in [0.4, 0.5) is 0 Å². The summed E-state index contributed by atoms with van der Waals surface area (Å²) in [6, 6.07) is 0.943. The summed E-state index contributed by atoms with van der Waals surface area (Å²) in [4.78, 5) is 11.1. The second-order valence-electron chi connectivity index (χ2n) is 4.10. The Morgan fingerprint density at radius 2 is 1.94 bits per heavy atom. The fourth-order valence-electron chi connectivity index (χ4n) is 1.38. The molecule has 0 fully saturated rings. The summed E-state index contributed by atoms with van der Waals surface area (Å²) >= 11 is 0. The summed E-state index contributed by atoms with van der Waals surface area (Å²) in [6.07, 6.45) is 2.46. The molecule has 17 heavy (non-hydrogen) atoms. The highest BCUT2D eigenvalue weighted by molar-refractivity contribution is 6.66. The van der Waals surface area contributed by atoms with E-state index in [0.717, 1.165) is 12.5 Å². The maximum atomic E-state index is 11.1. The van der Waals surface area contributed by atoms with Crippen LogP contribution < -0.4 is 0 Å². The Morgan fingerprint density at radius 1 is 1.47 bits per heavy atom. The first kappa shape index (κ1) is 18.9. The number of allylic oxidation sites excluding steroid dienone is 1. The van der Waals surface area contributed by atoms with E-state index in [1.165, 1.54) is 0 Å². The highest BCUT2D eigenvalue weighted by atomic mass is 28.4. The number of Topliss-reactive ketones (excluding diaryl/α,β-unsaturated/α-hetero) is 1. The van der Waals surface area contributed by atoms with Crippen molar-refractivity contribution in [1.29, 1.82) is 0 Å². The van der Waals surface area contributed by atoms with E-state index in [0.29, 0.717) is 6.61 Å². The third-order valence-corrected chi connectivity index (χ3v) is 5.31. The minimum Gasteiger partial charge on any atom is -0.395 e. The van der Waals surface area contributed by atoms with Crippen LogP contribution in [0.25, 0.3) is 0 Å². The molecule has 2 unspecified atom stereocenters. The van der Waals surface area contributed by atoms with Crippen molar-refractivity contribution in [3.63, 3.8) is 0 Å². The number of hydrogen-bond donors (Lipinski definition) is 0. The zero-order valence-electron chi connectivity index (χ0n) is 12.2. The lowest BCUT2D eigenvalue weighted by Crippen LogP contribution is -2.43. The largest absolute Gasteiger partial charge is 0.395 e. The third kappa shape index (κ3) is 10.4. The fraction of sp³-hybridized carbons (Fsp3) is 0.769. The van der Waals surface area contributed by atoms with Crippen molar-refractivity contribution in [3.8, 4) is 0 Å². The van der Waals surface area contributed by atoms with Crippen LogP contribution in [-0.4, -0.2) is 27.1 Å². The molecule has 0 radical (unpaired) electrons. The van der Waals surface area contributed by atoms with Gasteiger partial charge in [-0.05, 0) is 40.3 Å². The van der Waals surface area contributed by atoms with E-state index >= 15 is 0 Å². The summed E-state index contributed by atoms with van der Waals surface area (Å²) in [5, 5.41) is 0. The van der Waals surface area contributed by atoms with Gasteiger partial charge in [-0.3, -0.25) is 4.79 Å². The number of hydrogen-bond acceptors (Lipinski definition) is 3. The van der Waals surface area contributed by atoms with E-state index in [4.69, 9.17) is 8.85 Å². The van der Waals surface area contributed by atoms with Gasteiger partial charge >= 0.3 is 8.56 Å². The van der Waals surface area contributed by atoms with Crippen molar-refractivity contribution in [2.75, 3.05) is 6.61 Å². The third-order valence-electron chi connectivity index (χ3n) is 2.15. The van der Waals surface area contributed by atoms with Gasteiger partial charge < -0.3 is 8.85 Å². The van der Waals surface area contributed by atoms with Gasteiger partial charge in [0.25, 0.3) is 0 Å². The molecule has 0 bridgehead atoms. The molecular formula is C13H28O3Si. The first-order chi connectivity index (χ1) is 7.86. The SMILES string of the molecule is C=CC.CCC[Si](C)(OCC)OC(C)C(C)=O. The smallest absolute Gasteiger partial charge is 0.335 e. The van der Waals surface area contributed by atoms with Gasteiger partial charge in [-0.25, -0.2) is 0 Å². The molecule has 0 heterocycles. The number of rotatable bonds is 7. The van der Waals surface area contributed by atoms with Crippen molar-refractivity contribution in [3.05, 3.63) is 12.7 Å². The Balaban J connectivity index is 0. The van der Waals surface area contributed by atoms with Crippen LogP contribution in [0.15, 0.2) is 12.7 Å². The maximum Gasteiger partial charge on any atom is 0.335 e. The van der Waals surface area contributed by atoms with Crippen molar-refractivity contribution in [2.24, 2.45) is 0 Å². The second kappa shape index (κ2) is 10.7. The molecule has 0 aliphatic rings. The highest BCUT2D eigenvalue weighted by Gasteiger charge is 2.33. The van der Waals surface area contributed by atoms with Gasteiger partial charge in [0, 0.05) is 6.61 Å². The van der Waals surface area contributed by atoms with Crippen molar-refractivity contribution < 1.29 is 13.6 Å². The van der Waals surface area contributed by atoms with Gasteiger partial charge in [0.2, 0.25) is 0 Å². The average molecular weight is 260 g/mol. The fourth-order valence-corrected chi connectivity index (χ4v) is 4.14. The zero-order chi connectivity index (χ0) is 13.9. The standard InChI is InChI=1S/C10H22O3Si.C3H6/c1-6-8-14(5,12-7-2)13-10(4)9(3)11;1-3-2/h10H,6-8H2,1-5H3;3H,1H2,2H3. The number of carbonyl (C=O) groups excluding carboxylic acids is 1. The minimum absolute atomic E-state index is 0.0690. The van der Waals surface area contributed by atoms with Crippen molar-refractivity contribution in [2.45, 2.75) is 59.7 Å². The molecule has 0 N–H and O–H groups in total. The van der Waals surface area contributed by atoms with Crippen molar-refractivity contribution in [1.82, 2.24) is 0 Å². The maximum absolute atomic E-state index is 11.1. The Bertz CT molecular complexity index is 211. The summed E-state index contributed by atoms with van der Waals surface area (Å²) in [5.41, 5.74) is 0. The predicted molar refractivity (Wildman–Crippen MR) is 75.4 cm³/mol. The van der Waals surface area contributed by atoms with E-state index in [1.54, 1.807) is 19.9 Å². The molecule has 0 rings (SSSR count). The van der Waals surface area contributed by atoms with Crippen LogP contribution in [0, 0.1) is 0 Å². The summed E-state index contributed by atoms with van der Waals surface area (Å²) < 4.78 is 11.4. The molecule has 0 saturated carbocycles. The van der Waals surface area contributed by atoms with Gasteiger partial charge in [-0.2, -0.15) is 0 Å². The van der Waals surface area contributed by atoms with E-state index in [2.05, 4.69) is 13.5 Å². The molecule has 2 atom stereocenters. The van der Waals surface area contributed by atoms with Crippen LogP contribution in [0.3, 0.4) is 0 Å². The van der Waals surface area contributed by atoms with Gasteiger partial charge in [-0.1, -0.05) is 19.4 Å². The number of ketones is 1. The second-order valence-corrected chi connectivity index (χ2v) is 7.39. The first-order valence-electron chi connectivity index (χ1n) is 6.26. The molecule has 0 aromatic heterocycles. The lowest BCUT2D eigenvalue weighted by Gasteiger charge is -2.28. The minimum atomic E-state index is -2.10. The average Bonchev–Trinajstić information content (AvgIpc) is 2.18. The molecule has 3 nitrogen and oxygen atoms in total. The quantitative estimate of drug-likeness (QED) is 0.517. The van der Waals surface area contributed by atoms with Gasteiger partial charge in [-0.15, -0.1) is 6.58 Å². The molecule has 0 saturated heterocycles. The van der Waals surface area contributed by atoms with Crippen LogP contribution in [-0.2, 0) is 13.6 Å². The van der Waals surface area contributed by atoms with Crippen molar-refractivity contribution >= 4 is 14.3 Å². The predicted octanol–water partition coefficient (Wildman–Crippen LogP) is 3.69. The van der Waals surface area contributed by atoms with Crippen LogP contribution in [0.1, 0.15) is 41.0 Å². The first-order valence-corrected chi connectivity index (χ1v) is 8.78. The molecule has 102 valence electrons. The van der Waals surface area contributed by atoms with Gasteiger partial charge in [0.15, 0.2) is 5.78 Å². The number of carbonyl (C=O) groups is 1. The summed E-state index contributed by atoms with van der Waals surface area (Å²) in [7, 11) is -2.10. The van der Waals surface area contributed by atoms with E-state index in [-0.39, 0.29) is 11.9 Å². The van der Waals surface area contributed by atoms with E-state index < -0.39 is 8.56 Å². The normalized spacial score (nSPS) is 15.2. The monoisotopic (exact) mass is 260 g/mol. The van der Waals surface area contributed by atoms with Crippen LogP contribution in [0.2, 0.25) is 12.6 Å². The molecule has 4 heteroatoms. The lowest BCUT2D eigenvalue weighted by molar-refractivity contribution is -0.124. The summed E-state index contributed by atoms with van der Waals surface area (Å²) in [5.74, 6) is 0.0690. The molecule has 0 spiro atoms. The van der Waals surface area contributed by atoms with Gasteiger partial charge in [0.1, 0.15) is 6.10 Å². The Hall–Kier alpha value is -0.453. The highest BCUT2D eigenvalue weighted by Crippen LogP contribution is 2.18. The summed E-state index contributed by atoms with van der Waals surface area (Å²) in [6.45, 7) is 15.3. The molecule has 0 aromatic carbocycles. The molecule has 0 aliphatic carbocycles. The lowest BCUT2D eigenvalue weighted by atomic mass is 10.3. The molecular weight excluding hydrogens is 232 g/mol. The van der Waals surface area contributed by atoms with Crippen LogP contribution >= 0.6 is 0 Å². The zero-order valence-corrected chi connectivity index (χ0v) is 13.2.